The summed E-state index contributed by atoms with van der Waals surface area (Å²) in [6, 6.07) is 10.8. The van der Waals surface area contributed by atoms with Crippen LogP contribution in [-0.2, 0) is 6.54 Å². The van der Waals surface area contributed by atoms with Crippen molar-refractivity contribution in [3.05, 3.63) is 48.3 Å². The summed E-state index contributed by atoms with van der Waals surface area (Å²) in [6.45, 7) is 7.40. The minimum atomic E-state index is 0.333. The van der Waals surface area contributed by atoms with Crippen LogP contribution in [0.2, 0.25) is 0 Å². The summed E-state index contributed by atoms with van der Waals surface area (Å²) >= 11 is 0. The molecular weight excluding hydrogens is 262 g/mol. The van der Waals surface area contributed by atoms with Crippen LogP contribution in [0, 0.1) is 6.92 Å². The van der Waals surface area contributed by atoms with Gasteiger partial charge in [-0.3, -0.25) is 9.58 Å². The Labute approximate surface area is 126 Å². The second-order valence-corrected chi connectivity index (χ2v) is 5.91. The molecule has 1 atom stereocenters. The highest BCUT2D eigenvalue weighted by Crippen LogP contribution is 2.21. The molecule has 4 heteroatoms. The van der Waals surface area contributed by atoms with Crippen molar-refractivity contribution in [3.63, 3.8) is 0 Å². The molecule has 3 rings (SSSR count). The SMILES string of the molecule is Cc1ccc(OC2CN(C(C)CCn3cccn3)C2)cc1. The van der Waals surface area contributed by atoms with Crippen LogP contribution in [0.15, 0.2) is 42.7 Å². The van der Waals surface area contributed by atoms with E-state index in [0.717, 1.165) is 31.8 Å². The number of nitrogens with zero attached hydrogens (tertiary/aromatic N) is 3. The Bertz CT molecular complexity index is 544. The zero-order valence-electron chi connectivity index (χ0n) is 12.8. The number of aryl methyl sites for hydroxylation is 2. The molecule has 1 saturated heterocycles. The average Bonchev–Trinajstić information content (AvgIpc) is 2.95. The molecule has 112 valence electrons. The van der Waals surface area contributed by atoms with E-state index in [1.165, 1.54) is 5.56 Å². The third-order valence-electron chi connectivity index (χ3n) is 4.16. The number of aromatic nitrogens is 2. The summed E-state index contributed by atoms with van der Waals surface area (Å²) in [4.78, 5) is 2.47. The van der Waals surface area contributed by atoms with Gasteiger partial charge in [0.05, 0.1) is 0 Å². The van der Waals surface area contributed by atoms with Crippen LogP contribution in [0.3, 0.4) is 0 Å². The lowest BCUT2D eigenvalue weighted by molar-refractivity contribution is -0.00766. The molecule has 0 amide bonds. The van der Waals surface area contributed by atoms with E-state index in [1.807, 2.05) is 23.1 Å². The standard InChI is InChI=1S/C17H23N3O/c1-14-4-6-16(7-5-14)21-17-12-19(13-17)15(2)8-11-20-10-3-9-18-20/h3-7,9-10,15,17H,8,11-13H2,1-2H3. The smallest absolute Gasteiger partial charge is 0.124 e. The highest BCUT2D eigenvalue weighted by Gasteiger charge is 2.31. The Morgan fingerprint density at radius 2 is 2.05 bits per heavy atom. The lowest BCUT2D eigenvalue weighted by Crippen LogP contribution is -2.57. The first kappa shape index (κ1) is 14.1. The molecular formula is C17H23N3O. The highest BCUT2D eigenvalue weighted by molar-refractivity contribution is 5.26. The number of rotatable bonds is 6. The number of hydrogen-bond acceptors (Lipinski definition) is 3. The molecule has 0 aliphatic carbocycles. The van der Waals surface area contributed by atoms with E-state index >= 15 is 0 Å². The lowest BCUT2D eigenvalue weighted by atomic mass is 10.1. The lowest BCUT2D eigenvalue weighted by Gasteiger charge is -2.42. The van der Waals surface area contributed by atoms with E-state index in [1.54, 1.807) is 0 Å². The molecule has 1 fully saturated rings. The van der Waals surface area contributed by atoms with Crippen LogP contribution >= 0.6 is 0 Å². The second-order valence-electron chi connectivity index (χ2n) is 5.91. The first-order valence-electron chi connectivity index (χ1n) is 7.65. The molecule has 0 spiro atoms. The van der Waals surface area contributed by atoms with Gasteiger partial charge in [0, 0.05) is 38.1 Å². The largest absolute Gasteiger partial charge is 0.488 e. The maximum Gasteiger partial charge on any atom is 0.124 e. The van der Waals surface area contributed by atoms with Gasteiger partial charge in [0.2, 0.25) is 0 Å². The van der Waals surface area contributed by atoms with Crippen LogP contribution < -0.4 is 4.74 Å². The average molecular weight is 285 g/mol. The molecule has 1 aliphatic rings. The molecule has 1 aromatic heterocycles. The monoisotopic (exact) mass is 285 g/mol. The Morgan fingerprint density at radius 1 is 1.29 bits per heavy atom. The van der Waals surface area contributed by atoms with Crippen molar-refractivity contribution < 1.29 is 4.74 Å². The fraction of sp³-hybridized carbons (Fsp3) is 0.471. The first-order chi connectivity index (χ1) is 10.2. The minimum Gasteiger partial charge on any atom is -0.488 e. The van der Waals surface area contributed by atoms with Gasteiger partial charge in [0.15, 0.2) is 0 Å². The van der Waals surface area contributed by atoms with E-state index in [2.05, 4.69) is 48.1 Å². The fourth-order valence-corrected chi connectivity index (χ4v) is 2.65. The minimum absolute atomic E-state index is 0.333. The van der Waals surface area contributed by atoms with Crippen molar-refractivity contribution in [3.8, 4) is 5.75 Å². The van der Waals surface area contributed by atoms with Crippen LogP contribution in [-0.4, -0.2) is 39.9 Å². The molecule has 0 bridgehead atoms. The number of ether oxygens (including phenoxy) is 1. The maximum absolute atomic E-state index is 5.98. The number of benzene rings is 1. The normalized spacial score (nSPS) is 17.4. The number of likely N-dealkylation sites (tertiary alicyclic amines) is 1. The topological polar surface area (TPSA) is 30.3 Å². The van der Waals surface area contributed by atoms with Gasteiger partial charge < -0.3 is 4.74 Å². The Kier molecular flexibility index (Phi) is 4.25. The molecule has 2 aromatic rings. The van der Waals surface area contributed by atoms with Crippen molar-refractivity contribution >= 4 is 0 Å². The van der Waals surface area contributed by atoms with Gasteiger partial charge in [-0.2, -0.15) is 5.10 Å². The second kappa shape index (κ2) is 6.31. The molecule has 1 aromatic carbocycles. The first-order valence-corrected chi connectivity index (χ1v) is 7.65. The predicted molar refractivity (Wildman–Crippen MR) is 83.5 cm³/mol. The zero-order valence-corrected chi connectivity index (χ0v) is 12.8. The van der Waals surface area contributed by atoms with Gasteiger partial charge >= 0.3 is 0 Å². The quantitative estimate of drug-likeness (QED) is 0.817. The summed E-state index contributed by atoms with van der Waals surface area (Å²) in [6.07, 6.45) is 5.31. The molecule has 0 radical (unpaired) electrons. The number of hydrogen-bond donors (Lipinski definition) is 0. The molecule has 2 heterocycles. The van der Waals surface area contributed by atoms with E-state index in [4.69, 9.17) is 4.74 Å². The highest BCUT2D eigenvalue weighted by atomic mass is 16.5. The molecule has 1 unspecified atom stereocenters. The predicted octanol–water partition coefficient (Wildman–Crippen LogP) is 2.73. The van der Waals surface area contributed by atoms with Crippen molar-refractivity contribution in [1.29, 1.82) is 0 Å². The molecule has 1 aliphatic heterocycles. The van der Waals surface area contributed by atoms with Gasteiger partial charge in [-0.15, -0.1) is 0 Å². The van der Waals surface area contributed by atoms with E-state index < -0.39 is 0 Å². The molecule has 0 N–H and O–H groups in total. The van der Waals surface area contributed by atoms with Crippen LogP contribution in [0.25, 0.3) is 0 Å². The molecule has 21 heavy (non-hydrogen) atoms. The zero-order chi connectivity index (χ0) is 14.7. The van der Waals surface area contributed by atoms with Crippen molar-refractivity contribution in [2.75, 3.05) is 13.1 Å². The summed E-state index contributed by atoms with van der Waals surface area (Å²) in [5, 5.41) is 4.24. The van der Waals surface area contributed by atoms with E-state index in [-0.39, 0.29) is 0 Å². The third kappa shape index (κ3) is 3.64. The van der Waals surface area contributed by atoms with E-state index in [0.29, 0.717) is 12.1 Å². The Hall–Kier alpha value is -1.81. The van der Waals surface area contributed by atoms with Gasteiger partial charge in [0.25, 0.3) is 0 Å². The Morgan fingerprint density at radius 3 is 2.71 bits per heavy atom. The van der Waals surface area contributed by atoms with Gasteiger partial charge in [0.1, 0.15) is 11.9 Å². The van der Waals surface area contributed by atoms with Crippen LogP contribution in [0.4, 0.5) is 0 Å². The summed E-state index contributed by atoms with van der Waals surface area (Å²) in [5.74, 6) is 0.981. The van der Waals surface area contributed by atoms with Gasteiger partial charge in [-0.05, 0) is 38.5 Å². The van der Waals surface area contributed by atoms with Crippen molar-refractivity contribution in [2.45, 2.75) is 39.0 Å². The van der Waals surface area contributed by atoms with Gasteiger partial charge in [-0.25, -0.2) is 0 Å². The van der Waals surface area contributed by atoms with Crippen LogP contribution in [0.5, 0.6) is 5.75 Å². The van der Waals surface area contributed by atoms with E-state index in [9.17, 15) is 0 Å². The van der Waals surface area contributed by atoms with Gasteiger partial charge in [-0.1, -0.05) is 17.7 Å². The summed E-state index contributed by atoms with van der Waals surface area (Å²) in [5.41, 5.74) is 1.27. The maximum atomic E-state index is 5.98. The Balaban J connectivity index is 1.39. The summed E-state index contributed by atoms with van der Waals surface area (Å²) < 4.78 is 7.97. The summed E-state index contributed by atoms with van der Waals surface area (Å²) in [7, 11) is 0. The molecule has 0 saturated carbocycles. The molecule has 4 nitrogen and oxygen atoms in total. The van der Waals surface area contributed by atoms with Crippen molar-refractivity contribution in [2.24, 2.45) is 0 Å². The van der Waals surface area contributed by atoms with Crippen LogP contribution in [0.1, 0.15) is 18.9 Å². The van der Waals surface area contributed by atoms with Crippen molar-refractivity contribution in [1.82, 2.24) is 14.7 Å². The fourth-order valence-electron chi connectivity index (χ4n) is 2.65. The third-order valence-corrected chi connectivity index (χ3v) is 4.16.